The maximum atomic E-state index is 14.4. The summed E-state index contributed by atoms with van der Waals surface area (Å²) in [4.78, 5) is 86.9. The first-order valence-electron chi connectivity index (χ1n) is 27.0. The zero-order valence-electron chi connectivity index (χ0n) is 45.2. The molecule has 0 bridgehead atoms. The van der Waals surface area contributed by atoms with Gasteiger partial charge in [-0.2, -0.15) is 0 Å². The Kier molecular flexibility index (Phi) is 16.0. The lowest BCUT2D eigenvalue weighted by Crippen LogP contribution is -2.58. The van der Waals surface area contributed by atoms with E-state index in [0.29, 0.717) is 65.7 Å². The molecular weight excluding hydrogens is 1040 g/mol. The molecule has 1 saturated heterocycles. The third kappa shape index (κ3) is 12.1. The van der Waals surface area contributed by atoms with Gasteiger partial charge in [-0.3, -0.25) is 24.5 Å². The first-order chi connectivity index (χ1) is 37.9. The number of hydrogen-bond acceptors (Lipinski definition) is 13. The van der Waals surface area contributed by atoms with E-state index >= 15 is 0 Å². The largest absolute Gasteiger partial charge is 0.490 e. The number of thiazole rings is 2. The lowest BCUT2D eigenvalue weighted by molar-refractivity contribution is -0.144. The van der Waals surface area contributed by atoms with Gasteiger partial charge >= 0.3 is 5.97 Å². The van der Waals surface area contributed by atoms with Crippen LogP contribution in [0.1, 0.15) is 121 Å². The first kappa shape index (κ1) is 54.8. The Labute approximate surface area is 467 Å². The number of benzene rings is 4. The van der Waals surface area contributed by atoms with E-state index in [1.54, 1.807) is 23.5 Å². The number of aromatic carboxylic acids is 1. The molecule has 5 heterocycles. The number of carbonyl (C=O) groups excluding carboxylic acids is 4. The van der Waals surface area contributed by atoms with Crippen LogP contribution < -0.4 is 25.6 Å². The van der Waals surface area contributed by atoms with Gasteiger partial charge in [0.2, 0.25) is 17.7 Å². The van der Waals surface area contributed by atoms with Crippen LogP contribution in [0.4, 0.5) is 10.9 Å². The molecule has 3 aliphatic rings. The molecule has 2 aliphatic heterocycles. The SMILES string of the molecule is Cc1ncsc1-c1ccc([C@H](C)NC(=O)[C@@H]2C[C@@H](O)CN2C(=O)C(NC(=O)CC2CCC(Oc3cccc(-c4ccc(N5CCc6cccc(C(=O)Nc7nc8ccccc8s7)c6C5)nc4C(=O)O)c3C)CC2)C(C)(C)C)cc1. The summed E-state index contributed by atoms with van der Waals surface area (Å²) in [6.45, 7) is 12.4. The number of nitrogens with one attached hydrogen (secondary N) is 3. The van der Waals surface area contributed by atoms with Crippen molar-refractivity contribution in [2.24, 2.45) is 11.3 Å². The normalized spacial score (nSPS) is 19.1. The fourth-order valence-electron chi connectivity index (χ4n) is 11.2. The van der Waals surface area contributed by atoms with Crippen LogP contribution in [0.15, 0.2) is 103 Å². The van der Waals surface area contributed by atoms with Crippen LogP contribution in [-0.2, 0) is 27.3 Å². The third-order valence-electron chi connectivity index (χ3n) is 15.6. The molecule has 5 N–H and O–H groups in total. The highest BCUT2D eigenvalue weighted by molar-refractivity contribution is 7.22. The monoisotopic (exact) mass is 1100 g/mol. The van der Waals surface area contributed by atoms with Crippen molar-refractivity contribution in [3.63, 3.8) is 0 Å². The molecule has 10 rings (SSSR count). The number of aryl methyl sites for hydroxylation is 1. The van der Waals surface area contributed by atoms with Crippen molar-refractivity contribution < 1.29 is 38.9 Å². The van der Waals surface area contributed by atoms with Gasteiger partial charge in [0.05, 0.1) is 44.5 Å². The number of likely N-dealkylation sites (tertiary alicyclic amines) is 1. The lowest BCUT2D eigenvalue weighted by atomic mass is 9.83. The van der Waals surface area contributed by atoms with E-state index in [2.05, 4.69) is 25.9 Å². The molecular formula is C61H66N8O8S2. The molecule has 4 amide bonds. The Morgan fingerprint density at radius 1 is 0.861 bits per heavy atom. The lowest BCUT2D eigenvalue weighted by Gasteiger charge is -2.36. The molecule has 2 fully saturated rings. The fraction of sp³-hybridized carbons (Fsp3) is 0.377. The number of amides is 4. The van der Waals surface area contributed by atoms with E-state index in [1.807, 2.05) is 137 Å². The van der Waals surface area contributed by atoms with Gasteiger partial charge < -0.3 is 35.4 Å². The number of pyridine rings is 1. The zero-order chi connectivity index (χ0) is 55.7. The van der Waals surface area contributed by atoms with Gasteiger partial charge in [-0.1, -0.05) is 92.8 Å². The number of aromatic nitrogens is 3. The van der Waals surface area contributed by atoms with E-state index in [-0.39, 0.29) is 60.9 Å². The van der Waals surface area contributed by atoms with Crippen molar-refractivity contribution in [3.05, 3.63) is 142 Å². The maximum Gasteiger partial charge on any atom is 0.355 e. The summed E-state index contributed by atoms with van der Waals surface area (Å²) >= 11 is 2.99. The number of hydrogen-bond donors (Lipinski definition) is 5. The quantitative estimate of drug-likeness (QED) is 0.0648. The van der Waals surface area contributed by atoms with Crippen molar-refractivity contribution in [2.45, 2.75) is 123 Å². The minimum atomic E-state index is -1.16. The molecule has 1 saturated carbocycles. The number of nitrogens with zero attached hydrogens (tertiary/aromatic N) is 5. The van der Waals surface area contributed by atoms with Gasteiger partial charge in [-0.25, -0.2) is 19.7 Å². The summed E-state index contributed by atoms with van der Waals surface area (Å²) in [6, 6.07) is 28.4. The molecule has 4 aromatic carbocycles. The number of carbonyl (C=O) groups is 5. The molecule has 3 aromatic heterocycles. The highest BCUT2D eigenvalue weighted by atomic mass is 32.1. The molecule has 0 radical (unpaired) electrons. The van der Waals surface area contributed by atoms with Crippen molar-refractivity contribution in [2.75, 3.05) is 23.3 Å². The van der Waals surface area contributed by atoms with Gasteiger partial charge in [-0.15, -0.1) is 11.3 Å². The molecule has 16 nitrogen and oxygen atoms in total. The van der Waals surface area contributed by atoms with E-state index < -0.39 is 35.5 Å². The van der Waals surface area contributed by atoms with Gasteiger partial charge in [0, 0.05) is 43.6 Å². The predicted molar refractivity (Wildman–Crippen MR) is 307 cm³/mol. The fourth-order valence-corrected chi connectivity index (χ4v) is 12.9. The number of fused-ring (bicyclic) bond motifs is 2. The third-order valence-corrected chi connectivity index (χ3v) is 17.6. The molecule has 7 aromatic rings. The molecule has 1 aliphatic carbocycles. The van der Waals surface area contributed by atoms with Gasteiger partial charge in [-0.05, 0) is 134 Å². The molecule has 79 heavy (non-hydrogen) atoms. The molecule has 4 atom stereocenters. The van der Waals surface area contributed by atoms with Crippen LogP contribution in [-0.4, -0.2) is 97.0 Å². The number of ether oxygens (including phenoxy) is 1. The second-order valence-corrected chi connectivity index (χ2v) is 24.1. The number of aliphatic hydroxyl groups excluding tert-OH is 1. The zero-order valence-corrected chi connectivity index (χ0v) is 46.9. The number of carboxylic acid groups (broad SMARTS) is 1. The topological polar surface area (TPSA) is 216 Å². The molecule has 18 heteroatoms. The molecule has 0 spiro atoms. The Morgan fingerprint density at radius 2 is 1.62 bits per heavy atom. The minimum Gasteiger partial charge on any atom is -0.490 e. The van der Waals surface area contributed by atoms with E-state index in [0.717, 1.165) is 61.4 Å². The Bertz CT molecular complexity index is 3400. The number of β-amino-alcohol motifs (C(OH)–C–C–N with tert-alkyl or cyclic N) is 1. The van der Waals surface area contributed by atoms with Crippen LogP contribution in [0.5, 0.6) is 5.75 Å². The molecule has 410 valence electrons. The second kappa shape index (κ2) is 23.0. The highest BCUT2D eigenvalue weighted by Gasteiger charge is 2.45. The van der Waals surface area contributed by atoms with Crippen LogP contribution >= 0.6 is 22.7 Å². The summed E-state index contributed by atoms with van der Waals surface area (Å²) in [5.74, 6) is -1.25. The maximum absolute atomic E-state index is 14.4. The minimum absolute atomic E-state index is 0.0141. The Morgan fingerprint density at radius 3 is 2.34 bits per heavy atom. The number of anilines is 2. The van der Waals surface area contributed by atoms with E-state index in [1.165, 1.54) is 16.2 Å². The van der Waals surface area contributed by atoms with E-state index in [4.69, 9.17) is 9.72 Å². The first-order valence-corrected chi connectivity index (χ1v) is 28.7. The van der Waals surface area contributed by atoms with Crippen molar-refractivity contribution in [1.29, 1.82) is 0 Å². The number of carboxylic acids is 1. The summed E-state index contributed by atoms with van der Waals surface area (Å²) in [6.07, 6.45) is 2.79. The highest BCUT2D eigenvalue weighted by Crippen LogP contribution is 2.38. The van der Waals surface area contributed by atoms with Gasteiger partial charge in [0.1, 0.15) is 23.7 Å². The summed E-state index contributed by atoms with van der Waals surface area (Å²) in [7, 11) is 0. The van der Waals surface area contributed by atoms with Crippen molar-refractivity contribution in [3.8, 4) is 27.3 Å². The smallest absolute Gasteiger partial charge is 0.355 e. The summed E-state index contributed by atoms with van der Waals surface area (Å²) in [5.41, 5.74) is 9.13. The summed E-state index contributed by atoms with van der Waals surface area (Å²) < 4.78 is 7.61. The van der Waals surface area contributed by atoms with E-state index in [9.17, 15) is 34.2 Å². The predicted octanol–water partition coefficient (Wildman–Crippen LogP) is 10.3. The number of para-hydroxylation sites is 1. The Balaban J connectivity index is 0.741. The average Bonchev–Trinajstić information content (AvgIpc) is 4.19. The van der Waals surface area contributed by atoms with Crippen molar-refractivity contribution >= 4 is 73.4 Å². The Hall–Kier alpha value is -7.54. The van der Waals surface area contributed by atoms with Crippen LogP contribution in [0.2, 0.25) is 0 Å². The number of rotatable bonds is 15. The summed E-state index contributed by atoms with van der Waals surface area (Å²) in [5, 5.41) is 31.0. The van der Waals surface area contributed by atoms with Crippen LogP contribution in [0.3, 0.4) is 0 Å². The standard InChI is InChI=1S/C61H66N8O8S2/c1-34-43(44-25-26-51(65-53(44)59(75)76)68-28-27-39-11-9-13-45(46(39)32-68)56(72)67-60-64-47-14-7-8-16-50(47)79-60)12-10-15-49(34)77-42-23-17-37(18-24-42)29-52(71)66-55(61(4,5)6)58(74)69-31-41(70)30-48(69)57(73)63-35(2)38-19-21-40(22-20-38)54-36(3)62-33-78-54/h7-16,19-22,25-26,33,35,37,41-42,48,55,70H,17-18,23-24,27-32H2,1-6H3,(H,63,73)(H,66,71)(H,75,76)(H,64,67,72)/t35-,37?,41+,42?,48-,55?/m0/s1. The average molecular weight is 1100 g/mol. The van der Waals surface area contributed by atoms with Crippen molar-refractivity contribution in [1.82, 2.24) is 30.5 Å². The van der Waals surface area contributed by atoms with Crippen LogP contribution in [0, 0.1) is 25.2 Å². The van der Waals surface area contributed by atoms with Gasteiger partial charge in [0.15, 0.2) is 10.8 Å². The van der Waals surface area contributed by atoms with Crippen LogP contribution in [0.25, 0.3) is 31.8 Å². The van der Waals surface area contributed by atoms with Gasteiger partial charge in [0.25, 0.3) is 5.91 Å². The number of aliphatic hydroxyl groups is 1. The second-order valence-electron chi connectivity index (χ2n) is 22.2. The molecule has 1 unspecified atom stereocenters.